The van der Waals surface area contributed by atoms with Gasteiger partial charge in [-0.3, -0.25) is 9.80 Å². The number of hydrogen-bond acceptors (Lipinski definition) is 3. The van der Waals surface area contributed by atoms with Crippen molar-refractivity contribution in [1.29, 1.82) is 5.26 Å². The Morgan fingerprint density at radius 1 is 1.00 bits per heavy atom. The predicted octanol–water partition coefficient (Wildman–Crippen LogP) is 3.58. The molecular formula is C20H22FN3. The second kappa shape index (κ2) is 7.57. The van der Waals surface area contributed by atoms with Crippen molar-refractivity contribution in [2.45, 2.75) is 19.5 Å². The molecule has 3 nitrogen and oxygen atoms in total. The number of rotatable bonds is 4. The minimum Gasteiger partial charge on any atom is -0.297 e. The fraction of sp³-hybridized carbons (Fsp3) is 0.350. The van der Waals surface area contributed by atoms with E-state index in [1.54, 1.807) is 0 Å². The van der Waals surface area contributed by atoms with Crippen molar-refractivity contribution in [3.63, 3.8) is 0 Å². The average Bonchev–Trinajstić information content (AvgIpc) is 2.63. The molecule has 0 amide bonds. The summed E-state index contributed by atoms with van der Waals surface area (Å²) in [5.41, 5.74) is 3.11. The van der Waals surface area contributed by atoms with Crippen LogP contribution in [0.15, 0.2) is 48.5 Å². The second-order valence-electron chi connectivity index (χ2n) is 6.35. The number of nitriles is 1. The van der Waals surface area contributed by atoms with E-state index in [-0.39, 0.29) is 5.82 Å². The monoisotopic (exact) mass is 323 g/mol. The third-order valence-electron chi connectivity index (χ3n) is 4.80. The molecule has 2 aromatic rings. The molecule has 0 saturated carbocycles. The molecule has 0 radical (unpaired) electrons. The zero-order chi connectivity index (χ0) is 16.9. The van der Waals surface area contributed by atoms with Gasteiger partial charge in [-0.2, -0.15) is 5.26 Å². The summed E-state index contributed by atoms with van der Waals surface area (Å²) < 4.78 is 13.1. The van der Waals surface area contributed by atoms with Crippen LogP contribution in [0.3, 0.4) is 0 Å². The molecular weight excluding hydrogens is 301 g/mol. The molecule has 1 aliphatic rings. The van der Waals surface area contributed by atoms with E-state index < -0.39 is 0 Å². The minimum absolute atomic E-state index is 0.182. The van der Waals surface area contributed by atoms with Crippen LogP contribution in [0.25, 0.3) is 0 Å². The summed E-state index contributed by atoms with van der Waals surface area (Å²) in [4.78, 5) is 4.89. The van der Waals surface area contributed by atoms with Crippen LogP contribution in [0.5, 0.6) is 0 Å². The first-order chi connectivity index (χ1) is 11.7. The van der Waals surface area contributed by atoms with E-state index in [0.29, 0.717) is 11.6 Å². The molecule has 1 heterocycles. The Morgan fingerprint density at radius 2 is 1.62 bits per heavy atom. The van der Waals surface area contributed by atoms with Crippen molar-refractivity contribution < 1.29 is 4.39 Å². The highest BCUT2D eigenvalue weighted by molar-refractivity contribution is 5.31. The Balaban J connectivity index is 1.53. The fourth-order valence-electron chi connectivity index (χ4n) is 3.20. The summed E-state index contributed by atoms with van der Waals surface area (Å²) in [6.07, 6.45) is 0. The second-order valence-corrected chi connectivity index (χ2v) is 6.35. The largest absolute Gasteiger partial charge is 0.297 e. The van der Waals surface area contributed by atoms with Gasteiger partial charge in [-0.1, -0.05) is 24.3 Å². The van der Waals surface area contributed by atoms with Crippen molar-refractivity contribution in [1.82, 2.24) is 9.80 Å². The van der Waals surface area contributed by atoms with Gasteiger partial charge < -0.3 is 0 Å². The maximum atomic E-state index is 13.1. The lowest BCUT2D eigenvalue weighted by atomic mass is 10.1. The molecule has 1 saturated heterocycles. The van der Waals surface area contributed by atoms with Crippen molar-refractivity contribution >= 4 is 0 Å². The fourth-order valence-corrected chi connectivity index (χ4v) is 3.20. The predicted molar refractivity (Wildman–Crippen MR) is 92.8 cm³/mol. The summed E-state index contributed by atoms with van der Waals surface area (Å²) >= 11 is 0. The van der Waals surface area contributed by atoms with Crippen molar-refractivity contribution in [2.24, 2.45) is 0 Å². The van der Waals surface area contributed by atoms with Crippen LogP contribution >= 0.6 is 0 Å². The molecule has 124 valence electrons. The van der Waals surface area contributed by atoms with Gasteiger partial charge in [0.05, 0.1) is 11.6 Å². The van der Waals surface area contributed by atoms with Crippen LogP contribution in [0.1, 0.15) is 29.7 Å². The molecule has 1 aliphatic heterocycles. The van der Waals surface area contributed by atoms with Crippen molar-refractivity contribution in [2.75, 3.05) is 26.2 Å². The lowest BCUT2D eigenvalue weighted by Crippen LogP contribution is -2.46. The number of halogens is 1. The molecule has 0 aliphatic carbocycles. The summed E-state index contributed by atoms with van der Waals surface area (Å²) in [6, 6.07) is 17.1. The highest BCUT2D eigenvalue weighted by Crippen LogP contribution is 2.22. The molecule has 2 aromatic carbocycles. The van der Waals surface area contributed by atoms with Crippen molar-refractivity contribution in [3.05, 3.63) is 71.0 Å². The molecule has 1 atom stereocenters. The van der Waals surface area contributed by atoms with Gasteiger partial charge in [0.1, 0.15) is 5.82 Å². The molecule has 0 bridgehead atoms. The van der Waals surface area contributed by atoms with E-state index in [2.05, 4.69) is 22.8 Å². The summed E-state index contributed by atoms with van der Waals surface area (Å²) in [5, 5.41) is 8.85. The maximum Gasteiger partial charge on any atom is 0.123 e. The minimum atomic E-state index is -0.182. The van der Waals surface area contributed by atoms with Crippen LogP contribution in [0.4, 0.5) is 4.39 Å². The van der Waals surface area contributed by atoms with Gasteiger partial charge >= 0.3 is 0 Å². The van der Waals surface area contributed by atoms with E-state index in [0.717, 1.165) is 38.3 Å². The summed E-state index contributed by atoms with van der Waals surface area (Å²) in [5.74, 6) is -0.182. The third-order valence-corrected chi connectivity index (χ3v) is 4.80. The average molecular weight is 323 g/mol. The Morgan fingerprint density at radius 3 is 2.21 bits per heavy atom. The first-order valence-electron chi connectivity index (χ1n) is 8.36. The Hall–Kier alpha value is -2.22. The third kappa shape index (κ3) is 4.00. The van der Waals surface area contributed by atoms with Gasteiger partial charge in [0.2, 0.25) is 0 Å². The molecule has 1 fully saturated rings. The topological polar surface area (TPSA) is 30.3 Å². The van der Waals surface area contributed by atoms with Gasteiger partial charge in [0.15, 0.2) is 0 Å². The molecule has 0 spiro atoms. The van der Waals surface area contributed by atoms with E-state index in [1.807, 2.05) is 36.4 Å². The number of piperazine rings is 1. The Labute approximate surface area is 142 Å². The summed E-state index contributed by atoms with van der Waals surface area (Å²) in [7, 11) is 0. The molecule has 4 heteroatoms. The highest BCUT2D eigenvalue weighted by atomic mass is 19.1. The van der Waals surface area contributed by atoms with Gasteiger partial charge in [-0.15, -0.1) is 0 Å². The molecule has 1 unspecified atom stereocenters. The lowest BCUT2D eigenvalue weighted by molar-refractivity contribution is 0.0978. The SMILES string of the molecule is CC(c1ccc(F)cc1)N1CCN(Cc2ccc(C#N)cc2)CC1. The smallest absolute Gasteiger partial charge is 0.123 e. The molecule has 3 rings (SSSR count). The molecule has 0 N–H and O–H groups in total. The normalized spacial score (nSPS) is 17.4. The standard InChI is InChI=1S/C20H22FN3/c1-16(19-6-8-20(21)9-7-19)24-12-10-23(11-13-24)15-18-4-2-17(14-22)3-5-18/h2-9,16H,10-13,15H2,1H3. The summed E-state index contributed by atoms with van der Waals surface area (Å²) in [6.45, 7) is 7.16. The van der Waals surface area contributed by atoms with E-state index in [9.17, 15) is 4.39 Å². The van der Waals surface area contributed by atoms with Gasteiger partial charge in [0, 0.05) is 38.8 Å². The van der Waals surface area contributed by atoms with Crippen LogP contribution < -0.4 is 0 Å². The van der Waals surface area contributed by atoms with E-state index >= 15 is 0 Å². The molecule has 0 aromatic heterocycles. The quantitative estimate of drug-likeness (QED) is 0.861. The van der Waals surface area contributed by atoms with Crippen LogP contribution in [0.2, 0.25) is 0 Å². The maximum absolute atomic E-state index is 13.1. The lowest BCUT2D eigenvalue weighted by Gasteiger charge is -2.38. The highest BCUT2D eigenvalue weighted by Gasteiger charge is 2.22. The van der Waals surface area contributed by atoms with Gasteiger partial charge in [-0.05, 0) is 42.3 Å². The van der Waals surface area contributed by atoms with Crippen LogP contribution in [0, 0.1) is 17.1 Å². The Kier molecular flexibility index (Phi) is 5.24. The number of hydrogen-bond donors (Lipinski definition) is 0. The van der Waals surface area contributed by atoms with Gasteiger partial charge in [-0.25, -0.2) is 4.39 Å². The number of benzene rings is 2. The van der Waals surface area contributed by atoms with Crippen LogP contribution in [-0.4, -0.2) is 36.0 Å². The van der Waals surface area contributed by atoms with E-state index in [1.165, 1.54) is 17.7 Å². The van der Waals surface area contributed by atoms with Crippen molar-refractivity contribution in [3.8, 4) is 6.07 Å². The molecule has 24 heavy (non-hydrogen) atoms. The van der Waals surface area contributed by atoms with Gasteiger partial charge in [0.25, 0.3) is 0 Å². The Bertz CT molecular complexity index is 695. The first-order valence-corrected chi connectivity index (χ1v) is 8.36. The zero-order valence-electron chi connectivity index (χ0n) is 14.0. The van der Waals surface area contributed by atoms with E-state index in [4.69, 9.17) is 5.26 Å². The van der Waals surface area contributed by atoms with Crippen LogP contribution in [-0.2, 0) is 6.54 Å². The number of nitrogens with zero attached hydrogens (tertiary/aromatic N) is 3. The first kappa shape index (κ1) is 16.6. The zero-order valence-corrected chi connectivity index (χ0v) is 14.0.